The van der Waals surface area contributed by atoms with Gasteiger partial charge in [0.2, 0.25) is 0 Å². The zero-order valence-electron chi connectivity index (χ0n) is 12.1. The smallest absolute Gasteiger partial charge is 0.125 e. The standard InChI is InChI=1S/C15H23ClFN3/c1-19-4-3-11(9-19)10-20(2)15(8-18)12-5-13(16)7-14(17)6-12/h5-7,11,15H,3-4,8-10,18H2,1-2H3. The maximum absolute atomic E-state index is 13.5. The van der Waals surface area contributed by atoms with Crippen molar-refractivity contribution in [1.29, 1.82) is 0 Å². The Hall–Kier alpha value is -0.680. The minimum Gasteiger partial charge on any atom is -0.329 e. The van der Waals surface area contributed by atoms with Crippen molar-refractivity contribution in [3.63, 3.8) is 0 Å². The van der Waals surface area contributed by atoms with E-state index in [1.807, 2.05) is 0 Å². The van der Waals surface area contributed by atoms with Crippen molar-refractivity contribution in [2.75, 3.05) is 40.3 Å². The lowest BCUT2D eigenvalue weighted by atomic mass is 10.0. The summed E-state index contributed by atoms with van der Waals surface area (Å²) in [4.78, 5) is 4.56. The van der Waals surface area contributed by atoms with Gasteiger partial charge in [-0.05, 0) is 56.7 Å². The first kappa shape index (κ1) is 15.7. The van der Waals surface area contributed by atoms with Gasteiger partial charge in [-0.3, -0.25) is 4.90 Å². The van der Waals surface area contributed by atoms with Crippen LogP contribution < -0.4 is 5.73 Å². The number of likely N-dealkylation sites (tertiary alicyclic amines) is 1. The van der Waals surface area contributed by atoms with E-state index in [0.717, 1.165) is 25.2 Å². The van der Waals surface area contributed by atoms with Gasteiger partial charge in [0, 0.05) is 30.7 Å². The second kappa shape index (κ2) is 6.85. The molecule has 112 valence electrons. The van der Waals surface area contributed by atoms with Gasteiger partial charge in [0.25, 0.3) is 0 Å². The molecule has 0 aromatic heterocycles. The molecule has 2 atom stereocenters. The first-order valence-corrected chi connectivity index (χ1v) is 7.42. The number of hydrogen-bond donors (Lipinski definition) is 1. The molecule has 0 spiro atoms. The molecule has 0 aliphatic carbocycles. The molecule has 2 rings (SSSR count). The molecule has 5 heteroatoms. The van der Waals surface area contributed by atoms with E-state index >= 15 is 0 Å². The monoisotopic (exact) mass is 299 g/mol. The predicted molar refractivity (Wildman–Crippen MR) is 81.4 cm³/mol. The highest BCUT2D eigenvalue weighted by atomic mass is 35.5. The molecule has 1 heterocycles. The number of rotatable bonds is 5. The molecule has 1 fully saturated rings. The molecule has 1 aromatic rings. The summed E-state index contributed by atoms with van der Waals surface area (Å²) < 4.78 is 13.5. The number of benzene rings is 1. The normalized spacial score (nSPS) is 21.6. The molecular weight excluding hydrogens is 277 g/mol. The average Bonchev–Trinajstić information content (AvgIpc) is 2.74. The van der Waals surface area contributed by atoms with Gasteiger partial charge in [-0.1, -0.05) is 11.6 Å². The van der Waals surface area contributed by atoms with Crippen LogP contribution in [0.4, 0.5) is 4.39 Å². The third-order valence-electron chi connectivity index (χ3n) is 4.06. The van der Waals surface area contributed by atoms with Crippen LogP contribution in [0.15, 0.2) is 18.2 Å². The second-order valence-electron chi connectivity index (χ2n) is 5.81. The fourth-order valence-corrected chi connectivity index (χ4v) is 3.28. The molecule has 2 N–H and O–H groups in total. The summed E-state index contributed by atoms with van der Waals surface area (Å²) in [6.07, 6.45) is 1.21. The van der Waals surface area contributed by atoms with Crippen molar-refractivity contribution >= 4 is 11.6 Å². The van der Waals surface area contributed by atoms with E-state index in [4.69, 9.17) is 17.3 Å². The van der Waals surface area contributed by atoms with E-state index in [9.17, 15) is 4.39 Å². The van der Waals surface area contributed by atoms with Gasteiger partial charge in [-0.2, -0.15) is 0 Å². The Bertz CT molecular complexity index is 434. The van der Waals surface area contributed by atoms with Crippen LogP contribution in [-0.4, -0.2) is 50.1 Å². The van der Waals surface area contributed by atoms with Gasteiger partial charge in [0.05, 0.1) is 0 Å². The van der Waals surface area contributed by atoms with Crippen molar-refractivity contribution in [1.82, 2.24) is 9.80 Å². The van der Waals surface area contributed by atoms with Gasteiger partial charge in [0.1, 0.15) is 5.82 Å². The molecule has 2 unspecified atom stereocenters. The number of hydrogen-bond acceptors (Lipinski definition) is 3. The van der Waals surface area contributed by atoms with E-state index in [1.54, 1.807) is 6.07 Å². The number of nitrogens with zero attached hydrogens (tertiary/aromatic N) is 2. The zero-order chi connectivity index (χ0) is 14.7. The number of halogens is 2. The minimum absolute atomic E-state index is 0.00843. The highest BCUT2D eigenvalue weighted by Crippen LogP contribution is 2.25. The highest BCUT2D eigenvalue weighted by molar-refractivity contribution is 6.30. The summed E-state index contributed by atoms with van der Waals surface area (Å²) in [5, 5.41) is 0.424. The van der Waals surface area contributed by atoms with Crippen LogP contribution in [0.3, 0.4) is 0 Å². The van der Waals surface area contributed by atoms with Gasteiger partial charge < -0.3 is 10.6 Å². The Balaban J connectivity index is 2.06. The van der Waals surface area contributed by atoms with Gasteiger partial charge >= 0.3 is 0 Å². The summed E-state index contributed by atoms with van der Waals surface area (Å²) in [6.45, 7) is 3.70. The lowest BCUT2D eigenvalue weighted by molar-refractivity contribution is 0.211. The Labute approximate surface area is 125 Å². The third-order valence-corrected chi connectivity index (χ3v) is 4.28. The summed E-state index contributed by atoms with van der Waals surface area (Å²) in [6, 6.07) is 4.67. The summed E-state index contributed by atoms with van der Waals surface area (Å²) in [5.41, 5.74) is 6.74. The van der Waals surface area contributed by atoms with Crippen molar-refractivity contribution < 1.29 is 4.39 Å². The molecule has 0 amide bonds. The Morgan fingerprint density at radius 2 is 2.25 bits per heavy atom. The number of nitrogens with two attached hydrogens (primary N) is 1. The summed E-state index contributed by atoms with van der Waals surface area (Å²) in [5.74, 6) is 0.350. The van der Waals surface area contributed by atoms with Crippen LogP contribution in [0.2, 0.25) is 5.02 Å². The summed E-state index contributed by atoms with van der Waals surface area (Å²) >= 11 is 5.94. The van der Waals surface area contributed by atoms with E-state index in [2.05, 4.69) is 23.9 Å². The molecule has 0 saturated carbocycles. The average molecular weight is 300 g/mol. The molecule has 0 bridgehead atoms. The largest absolute Gasteiger partial charge is 0.329 e. The fourth-order valence-electron chi connectivity index (χ4n) is 3.05. The van der Waals surface area contributed by atoms with Crippen LogP contribution in [0.1, 0.15) is 18.0 Å². The van der Waals surface area contributed by atoms with Crippen LogP contribution in [0.5, 0.6) is 0 Å². The van der Waals surface area contributed by atoms with Gasteiger partial charge in [-0.25, -0.2) is 4.39 Å². The van der Waals surface area contributed by atoms with Crippen LogP contribution in [0.25, 0.3) is 0 Å². The molecular formula is C15H23ClFN3. The molecule has 1 aliphatic heterocycles. The molecule has 20 heavy (non-hydrogen) atoms. The van der Waals surface area contributed by atoms with Gasteiger partial charge in [-0.15, -0.1) is 0 Å². The van der Waals surface area contributed by atoms with Gasteiger partial charge in [0.15, 0.2) is 0 Å². The molecule has 1 aromatic carbocycles. The Morgan fingerprint density at radius 1 is 1.50 bits per heavy atom. The lowest BCUT2D eigenvalue weighted by Gasteiger charge is -2.29. The topological polar surface area (TPSA) is 32.5 Å². The van der Waals surface area contributed by atoms with E-state index in [-0.39, 0.29) is 11.9 Å². The van der Waals surface area contributed by atoms with Crippen molar-refractivity contribution in [3.8, 4) is 0 Å². The van der Waals surface area contributed by atoms with Crippen LogP contribution >= 0.6 is 11.6 Å². The Kier molecular flexibility index (Phi) is 5.38. The van der Waals surface area contributed by atoms with E-state index < -0.39 is 0 Å². The first-order valence-electron chi connectivity index (χ1n) is 7.04. The molecule has 0 radical (unpaired) electrons. The Morgan fingerprint density at radius 3 is 2.80 bits per heavy atom. The van der Waals surface area contributed by atoms with E-state index in [1.165, 1.54) is 18.6 Å². The minimum atomic E-state index is -0.306. The third kappa shape index (κ3) is 3.92. The molecule has 1 saturated heterocycles. The van der Waals surface area contributed by atoms with E-state index in [0.29, 0.717) is 17.5 Å². The zero-order valence-corrected chi connectivity index (χ0v) is 12.9. The molecule has 1 aliphatic rings. The van der Waals surface area contributed by atoms with Crippen molar-refractivity contribution in [3.05, 3.63) is 34.6 Å². The van der Waals surface area contributed by atoms with Crippen LogP contribution in [0, 0.1) is 11.7 Å². The SMILES string of the molecule is CN1CCC(CN(C)C(CN)c2cc(F)cc(Cl)c2)C1. The first-order chi connectivity index (χ1) is 9.49. The lowest BCUT2D eigenvalue weighted by Crippen LogP contribution is -2.35. The quantitative estimate of drug-likeness (QED) is 0.906. The maximum Gasteiger partial charge on any atom is 0.125 e. The van der Waals surface area contributed by atoms with Crippen molar-refractivity contribution in [2.45, 2.75) is 12.5 Å². The number of likely N-dealkylation sites (N-methyl/N-ethyl adjacent to an activating group) is 1. The predicted octanol–water partition coefficient (Wildman–Crippen LogP) is 2.36. The maximum atomic E-state index is 13.5. The van der Waals surface area contributed by atoms with Crippen LogP contribution in [-0.2, 0) is 0 Å². The second-order valence-corrected chi connectivity index (χ2v) is 6.25. The fraction of sp³-hybridized carbons (Fsp3) is 0.600. The summed E-state index contributed by atoms with van der Waals surface area (Å²) in [7, 11) is 4.20. The molecule has 3 nitrogen and oxygen atoms in total. The highest BCUT2D eigenvalue weighted by Gasteiger charge is 2.24. The van der Waals surface area contributed by atoms with Crippen molar-refractivity contribution in [2.24, 2.45) is 11.7 Å².